The molecule has 0 saturated heterocycles. The maximum absolute atomic E-state index is 5.79. The van der Waals surface area contributed by atoms with Gasteiger partial charge in [-0.3, -0.25) is 0 Å². The van der Waals surface area contributed by atoms with Crippen LogP contribution >= 0.6 is 92.8 Å². The lowest BCUT2D eigenvalue weighted by Crippen LogP contribution is -2.38. The molecule has 0 amide bonds. The summed E-state index contributed by atoms with van der Waals surface area (Å²) in [5, 5.41) is 27.7. The summed E-state index contributed by atoms with van der Waals surface area (Å²) in [6, 6.07) is 15.8. The Kier molecular flexibility index (Phi) is 46.7. The highest BCUT2D eigenvalue weighted by Gasteiger charge is 2.31. The van der Waals surface area contributed by atoms with Crippen molar-refractivity contribution in [2.75, 3.05) is 88.4 Å². The molecule has 40 heteroatoms. The first-order chi connectivity index (χ1) is 56.5. The average Bonchev–Trinajstić information content (AvgIpc) is 0.837. The van der Waals surface area contributed by atoms with Gasteiger partial charge in [-0.1, -0.05) is 194 Å². The Balaban J connectivity index is 0.000000710. The van der Waals surface area contributed by atoms with E-state index in [9.17, 15) is 0 Å². The van der Waals surface area contributed by atoms with E-state index in [2.05, 4.69) is 330 Å². The van der Waals surface area contributed by atoms with Gasteiger partial charge in [-0.05, 0) is 190 Å². The Bertz CT molecular complexity index is 4020. The van der Waals surface area contributed by atoms with Crippen LogP contribution in [0.15, 0.2) is 48.5 Å². The lowest BCUT2D eigenvalue weighted by Gasteiger charge is -2.35. The van der Waals surface area contributed by atoms with E-state index in [0.717, 1.165) is 19.3 Å². The van der Waals surface area contributed by atoms with Crippen molar-refractivity contribution in [3.05, 3.63) is 90.8 Å². The Morgan fingerprint density at radius 2 is 0.379 bits per heavy atom. The van der Waals surface area contributed by atoms with E-state index in [1.807, 2.05) is 13.8 Å². The first-order valence-electron chi connectivity index (χ1n) is 41.1. The number of halogens is 8. The largest absolute Gasteiger partial charge is 0.383 e. The first-order valence-corrected chi connectivity index (χ1v) is 44.1. The number of hydrogen-bond donors (Lipinski definition) is 16. The summed E-state index contributed by atoms with van der Waals surface area (Å²) < 4.78 is 0. The zero-order chi connectivity index (χ0) is 95.9. The molecule has 32 nitrogen and oxygen atoms in total. The van der Waals surface area contributed by atoms with Gasteiger partial charge in [-0.15, -0.1) is 0 Å². The molecule has 0 aliphatic rings. The number of anilines is 16. The maximum atomic E-state index is 5.79. The van der Waals surface area contributed by atoms with Gasteiger partial charge < -0.3 is 88.4 Å². The van der Waals surface area contributed by atoms with Crippen LogP contribution in [-0.2, 0) is 0 Å². The van der Waals surface area contributed by atoms with E-state index in [1.165, 1.54) is 0 Å². The van der Waals surface area contributed by atoms with Crippen LogP contribution in [0.5, 0.6) is 0 Å². The van der Waals surface area contributed by atoms with Crippen molar-refractivity contribution in [2.45, 2.75) is 289 Å². The highest BCUT2D eigenvalue weighted by molar-refractivity contribution is 6.30. The standard InChI is InChI=1S/2C12H21ClN4.3C11H19ClN4.2C10H17ClN4.C7H11ClN4/c2*1-7(2)10(12(3,4)5)16-9-6-8(14)15-11(13)17-9;3*1-5-7(11(2,3)4)14-9-6-8(13)15-10(12)16-9;2*1-6(10(2,3)4)13-8-5-7(12)14-9(11)15-8;1-4(2)10-6-3-5(9)11-7(8)12-6/h2*6-7,10H,1-5H3,(H3,14,15,16,17);3*6-7H,5H2,1-4H3,(H3,13,14,15,16);2*5-6H,1-4H3,(H3,12,13,14,15);3-4H,1-2H3,(H3,9,10,11,12)/t10-;;2*7-;;6-;;/m1.10.0../s1. The van der Waals surface area contributed by atoms with Crippen molar-refractivity contribution in [1.29, 1.82) is 0 Å². The van der Waals surface area contributed by atoms with Crippen LogP contribution < -0.4 is 88.4 Å². The Morgan fingerprint density at radius 1 is 0.226 bits per heavy atom. The summed E-state index contributed by atoms with van der Waals surface area (Å²) >= 11 is 45.8. The number of hydrogen-bond acceptors (Lipinski definition) is 32. The van der Waals surface area contributed by atoms with Crippen molar-refractivity contribution in [3.8, 4) is 0 Å². The Labute approximate surface area is 778 Å². The molecule has 0 bridgehead atoms. The molecule has 24 N–H and O–H groups in total. The molecule has 0 saturated carbocycles. The summed E-state index contributed by atoms with van der Waals surface area (Å²) in [6.07, 6.45) is 3.01. The zero-order valence-corrected chi connectivity index (χ0v) is 84.9. The zero-order valence-electron chi connectivity index (χ0n) is 78.8. The van der Waals surface area contributed by atoms with Gasteiger partial charge in [0.25, 0.3) is 0 Å². The molecule has 0 aliphatic heterocycles. The van der Waals surface area contributed by atoms with Crippen LogP contribution in [0.25, 0.3) is 0 Å². The second kappa shape index (κ2) is 50.9. The number of nitrogen functional groups attached to an aromatic ring is 8. The average molecular weight is 1890 g/mol. The van der Waals surface area contributed by atoms with E-state index in [0.29, 0.717) is 129 Å². The van der Waals surface area contributed by atoms with Gasteiger partial charge in [0.1, 0.15) is 93.1 Å². The van der Waals surface area contributed by atoms with Crippen molar-refractivity contribution in [2.24, 2.45) is 49.7 Å². The van der Waals surface area contributed by atoms with Crippen LogP contribution in [0.1, 0.15) is 241 Å². The van der Waals surface area contributed by atoms with Crippen molar-refractivity contribution in [3.63, 3.8) is 0 Å². The summed E-state index contributed by atoms with van der Waals surface area (Å²) in [5.41, 5.74) is 45.7. The van der Waals surface area contributed by atoms with Crippen LogP contribution in [0.2, 0.25) is 42.3 Å². The minimum absolute atomic E-state index is 0.125. The van der Waals surface area contributed by atoms with Crippen LogP contribution in [0.3, 0.4) is 0 Å². The minimum atomic E-state index is 0.125. The normalized spacial score (nSPS) is 13.3. The Hall–Kier alpha value is -8.24. The number of aromatic nitrogens is 16. The van der Waals surface area contributed by atoms with E-state index in [1.54, 1.807) is 48.5 Å². The fourth-order valence-corrected chi connectivity index (χ4v) is 13.2. The smallest absolute Gasteiger partial charge is 0.226 e. The van der Waals surface area contributed by atoms with Gasteiger partial charge in [0.05, 0.1) is 0 Å². The van der Waals surface area contributed by atoms with Crippen molar-refractivity contribution < 1.29 is 0 Å². The second-order valence-electron chi connectivity index (χ2n) is 38.2. The second-order valence-corrected chi connectivity index (χ2v) is 40.9. The molecular formula is C84H144Cl8N32. The van der Waals surface area contributed by atoms with Crippen LogP contribution in [-0.4, -0.2) is 128 Å². The summed E-state index contributed by atoms with van der Waals surface area (Å²) in [5.74, 6) is 9.35. The fourth-order valence-electron chi connectivity index (χ4n) is 11.7. The molecule has 8 aromatic heterocycles. The quantitative estimate of drug-likeness (QED) is 0.0297. The van der Waals surface area contributed by atoms with E-state index in [4.69, 9.17) is 139 Å². The highest BCUT2D eigenvalue weighted by atomic mass is 35.5. The minimum Gasteiger partial charge on any atom is -0.383 e. The fraction of sp³-hybridized carbons (Fsp3) is 0.619. The molecule has 0 radical (unpaired) electrons. The molecule has 696 valence electrons. The predicted molar refractivity (Wildman–Crippen MR) is 530 cm³/mol. The monoisotopic (exact) mass is 1880 g/mol. The molecule has 0 aromatic carbocycles. The highest BCUT2D eigenvalue weighted by Crippen LogP contribution is 2.34. The molecule has 7 atom stereocenters. The summed E-state index contributed by atoms with van der Waals surface area (Å²) in [7, 11) is 0. The van der Waals surface area contributed by atoms with E-state index < -0.39 is 0 Å². The third-order valence-corrected chi connectivity index (χ3v) is 20.0. The van der Waals surface area contributed by atoms with E-state index >= 15 is 0 Å². The lowest BCUT2D eigenvalue weighted by atomic mass is 9.80. The van der Waals surface area contributed by atoms with E-state index in [-0.39, 0.29) is 104 Å². The maximum Gasteiger partial charge on any atom is 0.226 e. The lowest BCUT2D eigenvalue weighted by molar-refractivity contribution is 0.280. The summed E-state index contributed by atoms with van der Waals surface area (Å²) in [4.78, 5) is 63.1. The van der Waals surface area contributed by atoms with Crippen molar-refractivity contribution >= 4 is 186 Å². The SMILES string of the molecule is CC(C)C(Nc1cc(N)nc(Cl)n1)C(C)(C)C.CC(C)Nc1cc(N)nc(Cl)n1.CC(C)[C@@H](Nc1cc(N)nc(Cl)n1)C(C)(C)C.CC(Nc1cc(N)nc(Cl)n1)C(C)(C)C.CCC(Nc1cc(N)nc(Cl)n1)C(C)(C)C.CC[C@@H](Nc1cc(N)nc(Cl)n1)C(C)(C)C.CC[C@H](Nc1cc(N)nc(Cl)n1)C(C)(C)C.C[C@H](Nc1cc(N)nc(Cl)n1)C(C)(C)C. The van der Waals surface area contributed by atoms with Gasteiger partial charge in [0.2, 0.25) is 42.3 Å². The van der Waals surface area contributed by atoms with Gasteiger partial charge in [-0.25, -0.2) is 79.7 Å². The topological polar surface area (TPSA) is 511 Å². The molecule has 8 heterocycles. The molecule has 8 aromatic rings. The molecule has 0 fully saturated rings. The number of nitrogens with one attached hydrogen (secondary N) is 8. The molecule has 0 spiro atoms. The van der Waals surface area contributed by atoms with Gasteiger partial charge in [0, 0.05) is 96.9 Å². The molecule has 3 unspecified atom stereocenters. The number of nitrogens with two attached hydrogens (primary N) is 8. The van der Waals surface area contributed by atoms with Crippen LogP contribution in [0, 0.1) is 49.7 Å². The Morgan fingerprint density at radius 3 is 0.500 bits per heavy atom. The van der Waals surface area contributed by atoms with Gasteiger partial charge >= 0.3 is 0 Å². The molecule has 124 heavy (non-hydrogen) atoms. The molecule has 0 aliphatic carbocycles. The summed E-state index contributed by atoms with van der Waals surface area (Å²) in [6.45, 7) is 69.0. The predicted octanol–water partition coefficient (Wildman–Crippen LogP) is 21.9. The van der Waals surface area contributed by atoms with Crippen LogP contribution in [0.4, 0.5) is 93.1 Å². The molecular weight excluding hydrogens is 1740 g/mol. The first kappa shape index (κ1) is 114. The van der Waals surface area contributed by atoms with Gasteiger partial charge in [-0.2, -0.15) is 0 Å². The number of rotatable bonds is 21. The van der Waals surface area contributed by atoms with Gasteiger partial charge in [0.15, 0.2) is 0 Å². The molecule has 8 rings (SSSR count). The third-order valence-electron chi connectivity index (χ3n) is 18.6. The van der Waals surface area contributed by atoms with Crippen molar-refractivity contribution in [1.82, 2.24) is 79.7 Å². The third kappa shape index (κ3) is 46.8. The number of nitrogens with zero attached hydrogens (tertiary/aromatic N) is 16.